The lowest BCUT2D eigenvalue weighted by molar-refractivity contribution is 0.634. The van der Waals surface area contributed by atoms with E-state index in [9.17, 15) is 0 Å². The van der Waals surface area contributed by atoms with Crippen molar-refractivity contribution in [3.05, 3.63) is 36.2 Å². The van der Waals surface area contributed by atoms with Gasteiger partial charge < -0.3 is 14.6 Å². The predicted molar refractivity (Wildman–Crippen MR) is 56.3 cm³/mol. The molecule has 3 aromatic heterocycles. The van der Waals surface area contributed by atoms with Crippen LogP contribution in [0.4, 0.5) is 5.88 Å². The molecule has 3 heteroatoms. The van der Waals surface area contributed by atoms with Gasteiger partial charge in [-0.15, -0.1) is 0 Å². The van der Waals surface area contributed by atoms with E-state index in [4.69, 9.17) is 10.2 Å². The van der Waals surface area contributed by atoms with Gasteiger partial charge in [0.1, 0.15) is 0 Å². The molecule has 0 spiro atoms. The van der Waals surface area contributed by atoms with Gasteiger partial charge in [-0.1, -0.05) is 6.07 Å². The van der Waals surface area contributed by atoms with Crippen LogP contribution >= 0.6 is 0 Å². The molecule has 0 saturated carbocycles. The van der Waals surface area contributed by atoms with Crippen molar-refractivity contribution in [2.45, 2.75) is 6.92 Å². The first kappa shape index (κ1) is 7.50. The Morgan fingerprint density at radius 2 is 2.21 bits per heavy atom. The van der Waals surface area contributed by atoms with Gasteiger partial charge in [-0.05, 0) is 19.1 Å². The molecule has 0 aliphatic rings. The third-order valence-electron chi connectivity index (χ3n) is 2.61. The second kappa shape index (κ2) is 2.32. The Labute approximate surface area is 80.7 Å². The zero-order valence-corrected chi connectivity index (χ0v) is 7.82. The fourth-order valence-corrected chi connectivity index (χ4v) is 1.87. The Bertz CT molecular complexity index is 619. The molecule has 3 heterocycles. The summed E-state index contributed by atoms with van der Waals surface area (Å²) in [6, 6.07) is 6.06. The molecule has 0 aromatic carbocycles. The van der Waals surface area contributed by atoms with Crippen LogP contribution in [0.1, 0.15) is 5.56 Å². The summed E-state index contributed by atoms with van der Waals surface area (Å²) in [5.74, 6) is 0.515. The number of nitrogens with zero attached hydrogens (tertiary/aromatic N) is 1. The number of hydrogen-bond acceptors (Lipinski definition) is 2. The summed E-state index contributed by atoms with van der Waals surface area (Å²) in [5.41, 5.74) is 8.73. The number of aryl methyl sites for hydroxylation is 1. The molecular weight excluding hydrogens is 176 g/mol. The number of nitrogens with two attached hydrogens (primary N) is 1. The van der Waals surface area contributed by atoms with Gasteiger partial charge >= 0.3 is 0 Å². The molecule has 0 bridgehead atoms. The van der Waals surface area contributed by atoms with Gasteiger partial charge in [0.2, 0.25) is 0 Å². The smallest absolute Gasteiger partial charge is 0.194 e. The van der Waals surface area contributed by atoms with Crippen molar-refractivity contribution in [3.8, 4) is 0 Å². The maximum atomic E-state index is 5.71. The van der Waals surface area contributed by atoms with Crippen LogP contribution in [0.2, 0.25) is 0 Å². The average Bonchev–Trinajstić information content (AvgIpc) is 2.65. The largest absolute Gasteiger partial charge is 0.439 e. The van der Waals surface area contributed by atoms with E-state index in [1.165, 1.54) is 0 Å². The van der Waals surface area contributed by atoms with Crippen molar-refractivity contribution in [3.63, 3.8) is 0 Å². The van der Waals surface area contributed by atoms with Gasteiger partial charge in [-0.3, -0.25) is 0 Å². The van der Waals surface area contributed by atoms with Crippen LogP contribution in [-0.4, -0.2) is 4.40 Å². The molecule has 0 aliphatic heterocycles. The minimum atomic E-state index is 0.515. The average molecular weight is 186 g/mol. The molecule has 0 saturated heterocycles. The van der Waals surface area contributed by atoms with E-state index in [0.29, 0.717) is 5.88 Å². The molecule has 0 radical (unpaired) electrons. The minimum Gasteiger partial charge on any atom is -0.439 e. The van der Waals surface area contributed by atoms with Crippen molar-refractivity contribution in [2.75, 3.05) is 5.73 Å². The number of nitrogen functional groups attached to an aromatic ring is 1. The fourth-order valence-electron chi connectivity index (χ4n) is 1.87. The predicted octanol–water partition coefficient (Wildman–Crippen LogP) is 2.58. The van der Waals surface area contributed by atoms with Crippen LogP contribution < -0.4 is 5.73 Å². The molecule has 0 unspecified atom stereocenters. The third kappa shape index (κ3) is 0.763. The molecule has 0 fully saturated rings. The second-order valence-corrected chi connectivity index (χ2v) is 3.45. The lowest BCUT2D eigenvalue weighted by Crippen LogP contribution is -1.84. The molecule has 0 aliphatic carbocycles. The summed E-state index contributed by atoms with van der Waals surface area (Å²) in [5, 5.41) is 1.11. The molecule has 14 heavy (non-hydrogen) atoms. The van der Waals surface area contributed by atoms with E-state index in [0.717, 1.165) is 22.0 Å². The van der Waals surface area contributed by atoms with E-state index in [1.807, 2.05) is 35.9 Å². The highest BCUT2D eigenvalue weighted by molar-refractivity contribution is 5.99. The minimum absolute atomic E-state index is 0.515. The van der Waals surface area contributed by atoms with Gasteiger partial charge in [0, 0.05) is 11.8 Å². The standard InChI is InChI=1S/C11H10N2O/c1-7-10-8-4-2-3-5-13(8)6-9(10)14-11(7)12/h2-6H,12H2,1H3. The summed E-state index contributed by atoms with van der Waals surface area (Å²) in [4.78, 5) is 0. The van der Waals surface area contributed by atoms with Crippen LogP contribution in [0.15, 0.2) is 35.0 Å². The lowest BCUT2D eigenvalue weighted by Gasteiger charge is -1.93. The normalized spacial score (nSPS) is 11.5. The quantitative estimate of drug-likeness (QED) is 0.586. The van der Waals surface area contributed by atoms with Crippen molar-refractivity contribution in [2.24, 2.45) is 0 Å². The van der Waals surface area contributed by atoms with Gasteiger partial charge in [-0.25, -0.2) is 0 Å². The Hall–Kier alpha value is -1.90. The molecule has 3 nitrogen and oxygen atoms in total. The lowest BCUT2D eigenvalue weighted by atomic mass is 10.2. The number of rotatable bonds is 0. The van der Waals surface area contributed by atoms with E-state index in [-0.39, 0.29) is 0 Å². The summed E-state index contributed by atoms with van der Waals surface area (Å²) >= 11 is 0. The molecule has 2 N–H and O–H groups in total. The highest BCUT2D eigenvalue weighted by atomic mass is 16.3. The Morgan fingerprint density at radius 3 is 3.07 bits per heavy atom. The number of hydrogen-bond donors (Lipinski definition) is 1. The van der Waals surface area contributed by atoms with Crippen LogP contribution in [0.5, 0.6) is 0 Å². The first-order valence-corrected chi connectivity index (χ1v) is 4.51. The van der Waals surface area contributed by atoms with Gasteiger partial charge in [0.15, 0.2) is 11.5 Å². The van der Waals surface area contributed by atoms with Gasteiger partial charge in [0.25, 0.3) is 0 Å². The number of fused-ring (bicyclic) bond motifs is 3. The van der Waals surface area contributed by atoms with Crippen LogP contribution in [-0.2, 0) is 0 Å². The first-order valence-electron chi connectivity index (χ1n) is 4.51. The van der Waals surface area contributed by atoms with Crippen LogP contribution in [0.25, 0.3) is 16.5 Å². The summed E-state index contributed by atoms with van der Waals surface area (Å²) in [6.07, 6.45) is 3.95. The van der Waals surface area contributed by atoms with Crippen molar-refractivity contribution < 1.29 is 4.42 Å². The molecule has 0 atom stereocenters. The highest BCUT2D eigenvalue weighted by Gasteiger charge is 2.12. The number of aromatic nitrogens is 1. The van der Waals surface area contributed by atoms with Gasteiger partial charge in [-0.2, -0.15) is 0 Å². The molecule has 3 aromatic rings. The maximum Gasteiger partial charge on any atom is 0.194 e. The third-order valence-corrected chi connectivity index (χ3v) is 2.61. The summed E-state index contributed by atoms with van der Waals surface area (Å²) in [7, 11) is 0. The molecule has 3 rings (SSSR count). The fraction of sp³-hybridized carbons (Fsp3) is 0.0909. The van der Waals surface area contributed by atoms with E-state index >= 15 is 0 Å². The molecular formula is C11H10N2O. The van der Waals surface area contributed by atoms with Crippen molar-refractivity contribution >= 4 is 22.4 Å². The Kier molecular flexibility index (Phi) is 1.24. The van der Waals surface area contributed by atoms with Crippen LogP contribution in [0.3, 0.4) is 0 Å². The SMILES string of the molecule is Cc1c(N)oc2cn3ccccc3c12. The van der Waals surface area contributed by atoms with E-state index in [2.05, 4.69) is 6.07 Å². The number of anilines is 1. The van der Waals surface area contributed by atoms with Crippen LogP contribution in [0, 0.1) is 6.92 Å². The number of furan rings is 1. The summed E-state index contributed by atoms with van der Waals surface area (Å²) in [6.45, 7) is 1.98. The highest BCUT2D eigenvalue weighted by Crippen LogP contribution is 2.31. The molecule has 0 amide bonds. The maximum absolute atomic E-state index is 5.71. The Balaban J connectivity index is 2.62. The van der Waals surface area contributed by atoms with Gasteiger partial charge in [0.05, 0.1) is 17.1 Å². The molecule has 70 valence electrons. The topological polar surface area (TPSA) is 43.6 Å². The van der Waals surface area contributed by atoms with Crippen molar-refractivity contribution in [1.82, 2.24) is 4.40 Å². The zero-order chi connectivity index (χ0) is 9.71. The van der Waals surface area contributed by atoms with E-state index in [1.54, 1.807) is 0 Å². The monoisotopic (exact) mass is 186 g/mol. The van der Waals surface area contributed by atoms with E-state index < -0.39 is 0 Å². The second-order valence-electron chi connectivity index (χ2n) is 3.45. The number of pyridine rings is 1. The Morgan fingerprint density at radius 1 is 1.36 bits per heavy atom. The van der Waals surface area contributed by atoms with Crippen molar-refractivity contribution in [1.29, 1.82) is 0 Å². The zero-order valence-electron chi connectivity index (χ0n) is 7.82. The first-order chi connectivity index (χ1) is 6.77. The summed E-state index contributed by atoms with van der Waals surface area (Å²) < 4.78 is 7.48.